The van der Waals surface area contributed by atoms with Gasteiger partial charge in [0.2, 0.25) is 0 Å². The van der Waals surface area contributed by atoms with Crippen LogP contribution in [0.3, 0.4) is 0 Å². The summed E-state index contributed by atoms with van der Waals surface area (Å²) in [6, 6.07) is 9.71. The quantitative estimate of drug-likeness (QED) is 0.484. The lowest BCUT2D eigenvalue weighted by molar-refractivity contribution is 1.30. The van der Waals surface area contributed by atoms with Crippen molar-refractivity contribution in [2.24, 2.45) is 9.98 Å². The molecule has 0 N–H and O–H groups in total. The fraction of sp³-hybridized carbons (Fsp3) is 0.0909. The van der Waals surface area contributed by atoms with E-state index in [0.29, 0.717) is 5.84 Å². The van der Waals surface area contributed by atoms with Gasteiger partial charge in [-0.25, -0.2) is 9.98 Å². The number of nitrogens with zero attached hydrogens (tertiary/aromatic N) is 2. The molecule has 0 atom stereocenters. The Morgan fingerprint density at radius 1 is 1.23 bits per heavy atom. The van der Waals surface area contributed by atoms with E-state index >= 15 is 0 Å². The highest BCUT2D eigenvalue weighted by atomic mass is 14.9. The molecule has 0 amide bonds. The smallest absolute Gasteiger partial charge is 0.158 e. The van der Waals surface area contributed by atoms with E-state index in [4.69, 9.17) is 0 Å². The minimum atomic E-state index is 0.619. The van der Waals surface area contributed by atoms with Crippen LogP contribution in [0.1, 0.15) is 12.5 Å². The van der Waals surface area contributed by atoms with Crippen molar-refractivity contribution in [2.45, 2.75) is 6.92 Å². The van der Waals surface area contributed by atoms with Gasteiger partial charge in [0.1, 0.15) is 0 Å². The number of benzene rings is 1. The van der Waals surface area contributed by atoms with Crippen molar-refractivity contribution in [3.63, 3.8) is 0 Å². The van der Waals surface area contributed by atoms with Crippen LogP contribution in [0.15, 0.2) is 52.6 Å². The van der Waals surface area contributed by atoms with Crippen LogP contribution in [0.4, 0.5) is 0 Å². The normalized spacial score (nSPS) is 11.0. The summed E-state index contributed by atoms with van der Waals surface area (Å²) in [5, 5.41) is 0. The second kappa shape index (κ2) is 4.36. The zero-order valence-electron chi connectivity index (χ0n) is 7.70. The third kappa shape index (κ3) is 2.67. The number of amidine groups is 1. The highest BCUT2D eigenvalue weighted by Crippen LogP contribution is 2.04. The summed E-state index contributed by atoms with van der Waals surface area (Å²) >= 11 is 0. The molecule has 0 radical (unpaired) electrons. The lowest BCUT2D eigenvalue weighted by Crippen LogP contribution is -1.95. The van der Waals surface area contributed by atoms with E-state index in [2.05, 4.69) is 23.3 Å². The van der Waals surface area contributed by atoms with Crippen molar-refractivity contribution >= 4 is 12.6 Å². The molecule has 0 spiro atoms. The highest BCUT2D eigenvalue weighted by Gasteiger charge is 1.97. The third-order valence-electron chi connectivity index (χ3n) is 1.48. The van der Waals surface area contributed by atoms with Gasteiger partial charge in [0.25, 0.3) is 0 Å². The topological polar surface area (TPSA) is 24.7 Å². The zero-order valence-corrected chi connectivity index (χ0v) is 7.70. The molecule has 1 aromatic carbocycles. The van der Waals surface area contributed by atoms with Crippen molar-refractivity contribution in [1.29, 1.82) is 0 Å². The molecule has 2 heteroatoms. The number of rotatable bonds is 2. The molecule has 0 aliphatic rings. The van der Waals surface area contributed by atoms with E-state index in [9.17, 15) is 0 Å². The number of hydrogen-bond acceptors (Lipinski definition) is 1. The Kier molecular flexibility index (Phi) is 3.15. The molecule has 1 rings (SSSR count). The van der Waals surface area contributed by atoms with Crippen LogP contribution in [0.2, 0.25) is 0 Å². The summed E-state index contributed by atoms with van der Waals surface area (Å²) in [6.45, 7) is 8.99. The van der Waals surface area contributed by atoms with E-state index in [0.717, 1.165) is 11.3 Å². The van der Waals surface area contributed by atoms with E-state index < -0.39 is 0 Å². The first-order chi connectivity index (χ1) is 6.24. The Bertz CT molecular complexity index is 336. The summed E-state index contributed by atoms with van der Waals surface area (Å²) in [5.41, 5.74) is 1.69. The molecular weight excluding hydrogens is 160 g/mol. The second-order valence-electron chi connectivity index (χ2n) is 2.69. The molecule has 0 heterocycles. The van der Waals surface area contributed by atoms with E-state index in [1.807, 2.05) is 37.3 Å². The minimum Gasteiger partial charge on any atom is -0.245 e. The van der Waals surface area contributed by atoms with Gasteiger partial charge in [-0.05, 0) is 13.6 Å². The summed E-state index contributed by atoms with van der Waals surface area (Å²) in [5.74, 6) is 0.619. The van der Waals surface area contributed by atoms with Gasteiger partial charge in [-0.1, -0.05) is 36.9 Å². The van der Waals surface area contributed by atoms with E-state index in [1.54, 1.807) is 0 Å². The molecule has 0 aromatic heterocycles. The first kappa shape index (κ1) is 9.39. The molecule has 0 fully saturated rings. The van der Waals surface area contributed by atoms with Crippen molar-refractivity contribution in [3.8, 4) is 0 Å². The van der Waals surface area contributed by atoms with Crippen LogP contribution in [0.25, 0.3) is 0 Å². The van der Waals surface area contributed by atoms with E-state index in [1.165, 1.54) is 0 Å². The van der Waals surface area contributed by atoms with Crippen molar-refractivity contribution < 1.29 is 0 Å². The van der Waals surface area contributed by atoms with Crippen molar-refractivity contribution in [1.82, 2.24) is 0 Å². The van der Waals surface area contributed by atoms with Crippen LogP contribution in [0.5, 0.6) is 0 Å². The van der Waals surface area contributed by atoms with Gasteiger partial charge < -0.3 is 0 Å². The third-order valence-corrected chi connectivity index (χ3v) is 1.48. The summed E-state index contributed by atoms with van der Waals surface area (Å²) in [4.78, 5) is 8.00. The summed E-state index contributed by atoms with van der Waals surface area (Å²) in [6.07, 6.45) is 0. The van der Waals surface area contributed by atoms with E-state index in [-0.39, 0.29) is 0 Å². The molecule has 0 bridgehead atoms. The van der Waals surface area contributed by atoms with Gasteiger partial charge >= 0.3 is 0 Å². The van der Waals surface area contributed by atoms with Gasteiger partial charge in [-0.3, -0.25) is 0 Å². The van der Waals surface area contributed by atoms with Crippen LogP contribution in [-0.4, -0.2) is 12.6 Å². The minimum absolute atomic E-state index is 0.619. The Balaban J connectivity index is 3.05. The summed E-state index contributed by atoms with van der Waals surface area (Å²) in [7, 11) is 0. The van der Waals surface area contributed by atoms with Crippen LogP contribution in [-0.2, 0) is 0 Å². The predicted octanol–water partition coefficient (Wildman–Crippen LogP) is 2.67. The zero-order chi connectivity index (χ0) is 9.68. The standard InChI is InChI=1S/C11H12N2/c1-9(2)13-11(12-3)10-7-5-4-6-8-10/h4-8H,1,3H2,2H3. The SMILES string of the molecule is C=NC(=NC(=C)C)c1ccccc1. The average Bonchev–Trinajstić information content (AvgIpc) is 2.15. The molecule has 0 saturated heterocycles. The first-order valence-electron chi connectivity index (χ1n) is 4.00. The van der Waals surface area contributed by atoms with Gasteiger partial charge in [0.15, 0.2) is 5.84 Å². The fourth-order valence-corrected chi connectivity index (χ4v) is 0.959. The van der Waals surface area contributed by atoms with Crippen molar-refractivity contribution in [3.05, 3.63) is 48.2 Å². The largest absolute Gasteiger partial charge is 0.245 e. The number of aliphatic imine (C=N–C) groups is 2. The number of allylic oxidation sites excluding steroid dienone is 1. The molecule has 13 heavy (non-hydrogen) atoms. The maximum absolute atomic E-state index is 4.16. The van der Waals surface area contributed by atoms with Gasteiger partial charge in [0.05, 0.1) is 0 Å². The lowest BCUT2D eigenvalue weighted by atomic mass is 10.2. The first-order valence-corrected chi connectivity index (χ1v) is 4.00. The van der Waals surface area contributed by atoms with Crippen LogP contribution < -0.4 is 0 Å². The van der Waals surface area contributed by atoms with Gasteiger partial charge in [-0.15, -0.1) is 0 Å². The molecule has 2 nitrogen and oxygen atoms in total. The maximum atomic E-state index is 4.16. The second-order valence-corrected chi connectivity index (χ2v) is 2.69. The number of hydrogen-bond donors (Lipinski definition) is 0. The Labute approximate surface area is 78.4 Å². The van der Waals surface area contributed by atoms with Crippen molar-refractivity contribution in [2.75, 3.05) is 0 Å². The molecule has 66 valence electrons. The van der Waals surface area contributed by atoms with Gasteiger partial charge in [-0.2, -0.15) is 0 Å². The molecule has 0 saturated carbocycles. The fourth-order valence-electron chi connectivity index (χ4n) is 0.959. The molecule has 0 aliphatic heterocycles. The monoisotopic (exact) mass is 172 g/mol. The molecule has 0 unspecified atom stereocenters. The Morgan fingerprint density at radius 3 is 2.31 bits per heavy atom. The van der Waals surface area contributed by atoms with Crippen LogP contribution in [0, 0.1) is 0 Å². The Hall–Kier alpha value is -1.70. The molecule has 1 aromatic rings. The lowest BCUT2D eigenvalue weighted by Gasteiger charge is -1.99. The summed E-state index contributed by atoms with van der Waals surface area (Å²) < 4.78 is 0. The molecule has 0 aliphatic carbocycles. The Morgan fingerprint density at radius 2 is 1.85 bits per heavy atom. The predicted molar refractivity (Wildman–Crippen MR) is 57.3 cm³/mol. The molecular formula is C11H12N2. The highest BCUT2D eigenvalue weighted by molar-refractivity contribution is 6.01. The van der Waals surface area contributed by atoms with Gasteiger partial charge in [0, 0.05) is 11.3 Å². The average molecular weight is 172 g/mol. The maximum Gasteiger partial charge on any atom is 0.158 e. The van der Waals surface area contributed by atoms with Crippen LogP contribution >= 0.6 is 0 Å².